The first-order chi connectivity index (χ1) is 12.4. The van der Waals surface area contributed by atoms with Crippen molar-refractivity contribution in [3.63, 3.8) is 0 Å². The summed E-state index contributed by atoms with van der Waals surface area (Å²) in [6.45, 7) is 1.36. The third kappa shape index (κ3) is 3.77. The zero-order valence-corrected chi connectivity index (χ0v) is 13.7. The van der Waals surface area contributed by atoms with E-state index in [0.29, 0.717) is 16.7 Å². The van der Waals surface area contributed by atoms with Crippen molar-refractivity contribution in [1.29, 1.82) is 0 Å². The maximum Gasteiger partial charge on any atom is 0.351 e. The Morgan fingerprint density at radius 1 is 1.12 bits per heavy atom. The molecule has 26 heavy (non-hydrogen) atoms. The number of anilines is 1. The van der Waals surface area contributed by atoms with Crippen LogP contribution in [-0.2, 0) is 9.53 Å². The molecule has 7 heteroatoms. The average molecular weight is 355 g/mol. The monoisotopic (exact) mass is 355 g/mol. The number of benzene rings is 2. The molecule has 0 saturated carbocycles. The van der Waals surface area contributed by atoms with Gasteiger partial charge in [0, 0.05) is 11.1 Å². The van der Waals surface area contributed by atoms with Crippen LogP contribution >= 0.6 is 0 Å². The Labute approximate surface area is 147 Å². The lowest BCUT2D eigenvalue weighted by Gasteiger charge is -2.13. The van der Waals surface area contributed by atoms with Gasteiger partial charge in [0.15, 0.2) is 6.10 Å². The topological polar surface area (TPSA) is 85.6 Å². The van der Waals surface area contributed by atoms with Crippen molar-refractivity contribution in [3.8, 4) is 0 Å². The number of hydrogen-bond donors (Lipinski definition) is 1. The second-order valence-electron chi connectivity index (χ2n) is 5.53. The Kier molecular flexibility index (Phi) is 4.79. The lowest BCUT2D eigenvalue weighted by molar-refractivity contribution is -0.123. The third-order valence-corrected chi connectivity index (χ3v) is 3.63. The van der Waals surface area contributed by atoms with E-state index in [1.807, 2.05) is 0 Å². The fourth-order valence-electron chi connectivity index (χ4n) is 2.26. The molecule has 0 unspecified atom stereocenters. The minimum atomic E-state index is -1.17. The van der Waals surface area contributed by atoms with Gasteiger partial charge in [0.1, 0.15) is 17.0 Å². The second kappa shape index (κ2) is 7.18. The molecule has 132 valence electrons. The molecule has 1 aromatic heterocycles. The largest absolute Gasteiger partial charge is 0.449 e. The Balaban J connectivity index is 1.72. The van der Waals surface area contributed by atoms with Gasteiger partial charge in [0.2, 0.25) is 0 Å². The summed E-state index contributed by atoms with van der Waals surface area (Å²) in [4.78, 5) is 36.2. The Morgan fingerprint density at radius 2 is 1.81 bits per heavy atom. The van der Waals surface area contributed by atoms with Gasteiger partial charge in [-0.05, 0) is 43.3 Å². The van der Waals surface area contributed by atoms with E-state index >= 15 is 0 Å². The van der Waals surface area contributed by atoms with Gasteiger partial charge in [-0.3, -0.25) is 4.79 Å². The number of hydrogen-bond acceptors (Lipinski definition) is 5. The molecule has 0 aliphatic heterocycles. The van der Waals surface area contributed by atoms with Gasteiger partial charge < -0.3 is 14.5 Å². The van der Waals surface area contributed by atoms with Crippen LogP contribution in [-0.4, -0.2) is 18.0 Å². The summed E-state index contributed by atoms with van der Waals surface area (Å²) in [5.74, 6) is -2.02. The zero-order valence-electron chi connectivity index (χ0n) is 13.7. The summed E-state index contributed by atoms with van der Waals surface area (Å²) in [5, 5.41) is 3.04. The van der Waals surface area contributed by atoms with Crippen molar-refractivity contribution in [2.75, 3.05) is 5.32 Å². The molecular weight excluding hydrogens is 341 g/mol. The number of para-hydroxylation sites is 1. The molecule has 0 saturated heterocycles. The van der Waals surface area contributed by atoms with Crippen LogP contribution in [0.15, 0.2) is 63.8 Å². The Hall–Kier alpha value is -3.48. The van der Waals surface area contributed by atoms with E-state index in [0.717, 1.165) is 0 Å². The van der Waals surface area contributed by atoms with Gasteiger partial charge in [-0.25, -0.2) is 14.0 Å². The molecule has 1 heterocycles. The third-order valence-electron chi connectivity index (χ3n) is 3.63. The molecule has 1 amide bonds. The molecule has 3 aromatic rings. The normalized spacial score (nSPS) is 11.8. The van der Waals surface area contributed by atoms with Crippen molar-refractivity contribution < 1.29 is 23.1 Å². The molecule has 0 spiro atoms. The molecule has 0 fully saturated rings. The van der Waals surface area contributed by atoms with E-state index in [9.17, 15) is 18.8 Å². The van der Waals surface area contributed by atoms with Crippen LogP contribution in [0.25, 0.3) is 11.0 Å². The Bertz CT molecular complexity index is 1030. The van der Waals surface area contributed by atoms with Gasteiger partial charge in [-0.2, -0.15) is 0 Å². The number of nitrogens with one attached hydrogen (secondary N) is 1. The molecule has 3 rings (SSSR count). The highest BCUT2D eigenvalue weighted by atomic mass is 19.1. The van der Waals surface area contributed by atoms with Crippen molar-refractivity contribution >= 4 is 28.5 Å². The maximum absolute atomic E-state index is 12.9. The molecule has 0 aliphatic carbocycles. The van der Waals surface area contributed by atoms with E-state index in [4.69, 9.17) is 9.15 Å². The zero-order chi connectivity index (χ0) is 18.7. The van der Waals surface area contributed by atoms with Crippen LogP contribution in [0.3, 0.4) is 0 Å². The summed E-state index contributed by atoms with van der Waals surface area (Å²) in [6, 6.07) is 13.2. The summed E-state index contributed by atoms with van der Waals surface area (Å²) in [6.07, 6.45) is -1.17. The van der Waals surface area contributed by atoms with Crippen molar-refractivity contribution in [2.24, 2.45) is 0 Å². The van der Waals surface area contributed by atoms with Crippen LogP contribution in [0.4, 0.5) is 10.1 Å². The standard InChI is InChI=1S/C19H14FNO5/c1-11(17(22)21-14-8-6-13(20)7-9-14)25-18(23)15-10-12-4-2-3-5-16(12)26-19(15)24/h2-11H,1H3,(H,21,22)/t11-/m0/s1. The number of ether oxygens (including phenoxy) is 1. The van der Waals surface area contributed by atoms with E-state index in [1.165, 1.54) is 37.3 Å². The van der Waals surface area contributed by atoms with E-state index in [1.54, 1.807) is 24.3 Å². The highest BCUT2D eigenvalue weighted by Gasteiger charge is 2.22. The molecule has 1 N–H and O–H groups in total. The first kappa shape index (κ1) is 17.3. The minimum absolute atomic E-state index is 0.301. The van der Waals surface area contributed by atoms with Gasteiger partial charge in [0.05, 0.1) is 0 Å². The van der Waals surface area contributed by atoms with Crippen LogP contribution in [0.2, 0.25) is 0 Å². The summed E-state index contributed by atoms with van der Waals surface area (Å²) in [5.41, 5.74) is -0.453. The smallest absolute Gasteiger partial charge is 0.351 e. The van der Waals surface area contributed by atoms with Gasteiger partial charge in [0.25, 0.3) is 5.91 Å². The molecule has 6 nitrogen and oxygen atoms in total. The first-order valence-electron chi connectivity index (χ1n) is 7.74. The van der Waals surface area contributed by atoms with Crippen molar-refractivity contribution in [2.45, 2.75) is 13.0 Å². The minimum Gasteiger partial charge on any atom is -0.449 e. The van der Waals surface area contributed by atoms with Gasteiger partial charge in [-0.1, -0.05) is 18.2 Å². The fourth-order valence-corrected chi connectivity index (χ4v) is 2.26. The fraction of sp³-hybridized carbons (Fsp3) is 0.105. The van der Waals surface area contributed by atoms with E-state index in [2.05, 4.69) is 5.32 Å². The predicted octanol–water partition coefficient (Wildman–Crippen LogP) is 3.12. The van der Waals surface area contributed by atoms with Crippen LogP contribution in [0.1, 0.15) is 17.3 Å². The van der Waals surface area contributed by atoms with Gasteiger partial charge >= 0.3 is 11.6 Å². The lowest BCUT2D eigenvalue weighted by Crippen LogP contribution is -2.31. The van der Waals surface area contributed by atoms with E-state index in [-0.39, 0.29) is 5.56 Å². The summed E-state index contributed by atoms with van der Waals surface area (Å²) in [7, 11) is 0. The number of halogens is 1. The number of carbonyl (C=O) groups excluding carboxylic acids is 2. The predicted molar refractivity (Wildman–Crippen MR) is 92.4 cm³/mol. The summed E-state index contributed by atoms with van der Waals surface area (Å²) >= 11 is 0. The van der Waals surface area contributed by atoms with Crippen molar-refractivity contribution in [1.82, 2.24) is 0 Å². The number of carbonyl (C=O) groups is 2. The number of fused-ring (bicyclic) bond motifs is 1. The number of rotatable bonds is 4. The molecular formula is C19H14FNO5. The van der Waals surface area contributed by atoms with Crippen LogP contribution < -0.4 is 10.9 Å². The molecule has 0 aliphatic rings. The van der Waals surface area contributed by atoms with Crippen LogP contribution in [0, 0.1) is 5.82 Å². The van der Waals surface area contributed by atoms with E-state index < -0.39 is 29.4 Å². The SMILES string of the molecule is C[C@H](OC(=O)c1cc2ccccc2oc1=O)C(=O)Nc1ccc(F)cc1. The van der Waals surface area contributed by atoms with Crippen molar-refractivity contribution in [3.05, 3.63) is 76.4 Å². The second-order valence-corrected chi connectivity index (χ2v) is 5.53. The number of esters is 1. The number of amides is 1. The highest BCUT2D eigenvalue weighted by molar-refractivity contribution is 5.98. The molecule has 0 radical (unpaired) electrons. The summed E-state index contributed by atoms with van der Waals surface area (Å²) < 4.78 is 23.0. The molecule has 1 atom stereocenters. The first-order valence-corrected chi connectivity index (χ1v) is 7.74. The highest BCUT2D eigenvalue weighted by Crippen LogP contribution is 2.14. The van der Waals surface area contributed by atoms with Gasteiger partial charge in [-0.15, -0.1) is 0 Å². The average Bonchev–Trinajstić information content (AvgIpc) is 2.62. The van der Waals surface area contributed by atoms with Crippen LogP contribution in [0.5, 0.6) is 0 Å². The Morgan fingerprint density at radius 3 is 2.54 bits per heavy atom. The quantitative estimate of drug-likeness (QED) is 0.574. The molecule has 0 bridgehead atoms. The lowest BCUT2D eigenvalue weighted by atomic mass is 10.2. The molecule has 2 aromatic carbocycles. The maximum atomic E-state index is 12.9.